The highest BCUT2D eigenvalue weighted by atomic mass is 19.1. The number of carbonyl (C=O) groups is 3. The highest BCUT2D eigenvalue weighted by Crippen LogP contribution is 2.26. The van der Waals surface area contributed by atoms with Crippen LogP contribution < -0.4 is 15.5 Å². The number of aryl methyl sites for hydroxylation is 1. The Balaban J connectivity index is 1.39. The first kappa shape index (κ1) is 22.2. The number of nitrogens with zero attached hydrogens (tertiary/aromatic N) is 1. The number of halogens is 1. The third-order valence-corrected chi connectivity index (χ3v) is 5.61. The van der Waals surface area contributed by atoms with Gasteiger partial charge in [0, 0.05) is 36.4 Å². The number of nitrogens with one attached hydrogen (secondary N) is 2. The first-order valence-corrected chi connectivity index (χ1v) is 10.7. The summed E-state index contributed by atoms with van der Waals surface area (Å²) in [5, 5.41) is 5.66. The fourth-order valence-corrected chi connectivity index (χ4v) is 3.72. The van der Waals surface area contributed by atoms with Crippen molar-refractivity contribution in [1.29, 1.82) is 0 Å². The van der Waals surface area contributed by atoms with Crippen LogP contribution >= 0.6 is 0 Å². The van der Waals surface area contributed by atoms with Crippen LogP contribution in [0.1, 0.15) is 27.9 Å². The van der Waals surface area contributed by atoms with Crippen LogP contribution in [0.25, 0.3) is 0 Å². The highest BCUT2D eigenvalue weighted by molar-refractivity contribution is 6.06. The molecule has 0 spiro atoms. The maximum absolute atomic E-state index is 13.0. The fraction of sp³-hybridized carbons (Fsp3) is 0.192. The first-order valence-electron chi connectivity index (χ1n) is 10.7. The molecule has 3 amide bonds. The summed E-state index contributed by atoms with van der Waals surface area (Å²) in [7, 11) is 0. The lowest BCUT2D eigenvalue weighted by Gasteiger charge is -2.18. The average Bonchev–Trinajstić information content (AvgIpc) is 3.22. The number of hydrogen-bond acceptors (Lipinski definition) is 3. The van der Waals surface area contributed by atoms with E-state index in [-0.39, 0.29) is 43.0 Å². The smallest absolute Gasteiger partial charge is 0.255 e. The molecule has 6 nitrogen and oxygen atoms in total. The molecule has 0 aromatic heterocycles. The van der Waals surface area contributed by atoms with Crippen LogP contribution in [0, 0.1) is 18.7 Å². The fourth-order valence-electron chi connectivity index (χ4n) is 3.72. The van der Waals surface area contributed by atoms with Gasteiger partial charge in [0.1, 0.15) is 5.82 Å². The summed E-state index contributed by atoms with van der Waals surface area (Å²) >= 11 is 0. The molecule has 1 atom stereocenters. The molecule has 1 fully saturated rings. The summed E-state index contributed by atoms with van der Waals surface area (Å²) in [5.74, 6) is -1.52. The van der Waals surface area contributed by atoms with Crippen LogP contribution in [0.3, 0.4) is 0 Å². The van der Waals surface area contributed by atoms with Gasteiger partial charge in [0.15, 0.2) is 0 Å². The van der Waals surface area contributed by atoms with Gasteiger partial charge in [-0.2, -0.15) is 0 Å². The third kappa shape index (κ3) is 5.44. The van der Waals surface area contributed by atoms with Crippen molar-refractivity contribution in [3.05, 3.63) is 95.3 Å². The van der Waals surface area contributed by atoms with Gasteiger partial charge >= 0.3 is 0 Å². The van der Waals surface area contributed by atoms with Crippen LogP contribution in [-0.2, 0) is 16.1 Å². The molecule has 2 N–H and O–H groups in total. The number of amides is 3. The molecule has 0 saturated carbocycles. The summed E-state index contributed by atoms with van der Waals surface area (Å²) in [6.45, 7) is 2.47. The van der Waals surface area contributed by atoms with E-state index in [0.29, 0.717) is 16.9 Å². The lowest BCUT2D eigenvalue weighted by atomic mass is 10.1. The molecule has 1 aliphatic rings. The molecule has 168 valence electrons. The van der Waals surface area contributed by atoms with Crippen molar-refractivity contribution < 1.29 is 18.8 Å². The maximum Gasteiger partial charge on any atom is 0.255 e. The van der Waals surface area contributed by atoms with E-state index in [1.54, 1.807) is 36.4 Å². The van der Waals surface area contributed by atoms with Gasteiger partial charge in [-0.3, -0.25) is 14.4 Å². The Morgan fingerprint density at radius 2 is 1.76 bits per heavy atom. The minimum atomic E-state index is -0.497. The summed E-state index contributed by atoms with van der Waals surface area (Å²) < 4.78 is 13.0. The van der Waals surface area contributed by atoms with Gasteiger partial charge in [0.2, 0.25) is 11.8 Å². The Bertz CT molecular complexity index is 1180. The molecule has 7 heteroatoms. The Morgan fingerprint density at radius 1 is 1.03 bits per heavy atom. The average molecular weight is 445 g/mol. The van der Waals surface area contributed by atoms with Gasteiger partial charge in [0.25, 0.3) is 5.91 Å². The Morgan fingerprint density at radius 3 is 2.48 bits per heavy atom. The molecule has 33 heavy (non-hydrogen) atoms. The topological polar surface area (TPSA) is 78.5 Å². The van der Waals surface area contributed by atoms with Crippen molar-refractivity contribution in [2.75, 3.05) is 16.8 Å². The monoisotopic (exact) mass is 445 g/mol. The Labute approximate surface area is 191 Å². The molecular weight excluding hydrogens is 421 g/mol. The van der Waals surface area contributed by atoms with Crippen molar-refractivity contribution in [3.8, 4) is 0 Å². The molecule has 1 saturated heterocycles. The van der Waals surface area contributed by atoms with Crippen LogP contribution in [0.4, 0.5) is 15.8 Å². The highest BCUT2D eigenvalue weighted by Gasteiger charge is 2.35. The second kappa shape index (κ2) is 9.65. The number of benzene rings is 3. The summed E-state index contributed by atoms with van der Waals surface area (Å²) in [6, 6.07) is 20.2. The van der Waals surface area contributed by atoms with Crippen LogP contribution in [0.5, 0.6) is 0 Å². The number of anilines is 2. The van der Waals surface area contributed by atoms with Crippen molar-refractivity contribution in [2.45, 2.75) is 19.9 Å². The van der Waals surface area contributed by atoms with Gasteiger partial charge in [-0.05, 0) is 55.0 Å². The SMILES string of the molecule is Cc1ccc(NC(=O)c2cccc(N3C[C@@H](C(=O)NCc4ccc(F)cc4)CC3=O)c2)cc1. The number of carbonyl (C=O) groups excluding carboxylic acids is 3. The maximum atomic E-state index is 13.0. The molecule has 4 rings (SSSR count). The van der Waals surface area contributed by atoms with Gasteiger partial charge in [-0.1, -0.05) is 35.9 Å². The molecule has 3 aromatic carbocycles. The van der Waals surface area contributed by atoms with E-state index in [2.05, 4.69) is 10.6 Å². The Kier molecular flexibility index (Phi) is 6.49. The summed E-state index contributed by atoms with van der Waals surface area (Å²) in [4.78, 5) is 39.4. The lowest BCUT2D eigenvalue weighted by molar-refractivity contribution is -0.126. The summed E-state index contributed by atoms with van der Waals surface area (Å²) in [6.07, 6.45) is 0.0923. The van der Waals surface area contributed by atoms with E-state index in [4.69, 9.17) is 0 Å². The van der Waals surface area contributed by atoms with Crippen LogP contribution in [-0.4, -0.2) is 24.3 Å². The molecule has 3 aromatic rings. The van der Waals surface area contributed by atoms with Crippen molar-refractivity contribution in [2.24, 2.45) is 5.92 Å². The normalized spacial score (nSPS) is 15.4. The molecule has 0 aliphatic carbocycles. The zero-order chi connectivity index (χ0) is 23.4. The Hall–Kier alpha value is -4.00. The molecule has 0 unspecified atom stereocenters. The van der Waals surface area contributed by atoms with Gasteiger partial charge in [0.05, 0.1) is 5.92 Å². The van der Waals surface area contributed by atoms with Crippen molar-refractivity contribution in [3.63, 3.8) is 0 Å². The van der Waals surface area contributed by atoms with Gasteiger partial charge in [-0.15, -0.1) is 0 Å². The number of hydrogen-bond donors (Lipinski definition) is 2. The lowest BCUT2D eigenvalue weighted by Crippen LogP contribution is -2.32. The molecule has 1 heterocycles. The summed E-state index contributed by atoms with van der Waals surface area (Å²) in [5.41, 5.74) is 3.55. The van der Waals surface area contributed by atoms with E-state index < -0.39 is 5.92 Å². The predicted molar refractivity (Wildman–Crippen MR) is 124 cm³/mol. The molecule has 0 radical (unpaired) electrons. The molecular formula is C26H24FN3O3. The van der Waals surface area contributed by atoms with Crippen LogP contribution in [0.2, 0.25) is 0 Å². The van der Waals surface area contributed by atoms with E-state index in [1.807, 2.05) is 31.2 Å². The minimum Gasteiger partial charge on any atom is -0.352 e. The van der Waals surface area contributed by atoms with Gasteiger partial charge in [-0.25, -0.2) is 4.39 Å². The van der Waals surface area contributed by atoms with Crippen LogP contribution in [0.15, 0.2) is 72.8 Å². The van der Waals surface area contributed by atoms with E-state index in [9.17, 15) is 18.8 Å². The second-order valence-corrected chi connectivity index (χ2v) is 8.12. The number of rotatable bonds is 6. The van der Waals surface area contributed by atoms with E-state index in [1.165, 1.54) is 17.0 Å². The minimum absolute atomic E-state index is 0.0923. The quantitative estimate of drug-likeness (QED) is 0.601. The zero-order valence-electron chi connectivity index (χ0n) is 18.2. The van der Waals surface area contributed by atoms with Gasteiger partial charge < -0.3 is 15.5 Å². The van der Waals surface area contributed by atoms with E-state index in [0.717, 1.165) is 11.1 Å². The predicted octanol–water partition coefficient (Wildman–Crippen LogP) is 4.06. The molecule has 0 bridgehead atoms. The second-order valence-electron chi connectivity index (χ2n) is 8.12. The molecule has 1 aliphatic heterocycles. The largest absolute Gasteiger partial charge is 0.352 e. The first-order chi connectivity index (χ1) is 15.9. The zero-order valence-corrected chi connectivity index (χ0v) is 18.2. The third-order valence-electron chi connectivity index (χ3n) is 5.61. The van der Waals surface area contributed by atoms with Crippen molar-refractivity contribution >= 4 is 29.1 Å². The van der Waals surface area contributed by atoms with Crippen molar-refractivity contribution in [1.82, 2.24) is 5.32 Å². The standard InChI is InChI=1S/C26H24FN3O3/c1-17-5-11-22(12-6-17)29-26(33)19-3-2-4-23(13-19)30-16-20(14-24(30)31)25(32)28-15-18-7-9-21(27)10-8-18/h2-13,20H,14-16H2,1H3,(H,28,32)(H,29,33)/t20-/m0/s1. The van der Waals surface area contributed by atoms with E-state index >= 15 is 0 Å².